The lowest BCUT2D eigenvalue weighted by atomic mass is 9.87. The summed E-state index contributed by atoms with van der Waals surface area (Å²) in [5, 5.41) is 0. The molecule has 1 aromatic heterocycles. The fourth-order valence-electron chi connectivity index (χ4n) is 5.17. The minimum Gasteiger partial charge on any atom is -0.496 e. The summed E-state index contributed by atoms with van der Waals surface area (Å²) in [7, 11) is 1.68. The monoisotopic (exact) mass is 493 g/mol. The van der Waals surface area contributed by atoms with Gasteiger partial charge in [-0.2, -0.15) is 0 Å². The van der Waals surface area contributed by atoms with Gasteiger partial charge >= 0.3 is 0 Å². The van der Waals surface area contributed by atoms with Crippen molar-refractivity contribution in [1.82, 2.24) is 19.8 Å². The number of benzene rings is 3. The van der Waals surface area contributed by atoms with Gasteiger partial charge in [0, 0.05) is 55.3 Å². The molecule has 0 bridgehead atoms. The Morgan fingerprint density at radius 1 is 1.14 bits per heavy atom. The molecule has 1 atom stereocenters. The van der Waals surface area contributed by atoms with Crippen molar-refractivity contribution in [2.45, 2.75) is 32.9 Å². The van der Waals surface area contributed by atoms with Crippen LogP contribution in [0.2, 0.25) is 0 Å². The predicted octanol–water partition coefficient (Wildman–Crippen LogP) is 5.52. The first kappa shape index (κ1) is 24.8. The maximum atomic E-state index is 12.9. The summed E-state index contributed by atoms with van der Waals surface area (Å²) in [5.41, 5.74) is 6.51. The summed E-state index contributed by atoms with van der Waals surface area (Å²) in [6, 6.07) is 25.8. The highest BCUT2D eigenvalue weighted by Gasteiger charge is 2.30. The zero-order chi connectivity index (χ0) is 25.8. The van der Waals surface area contributed by atoms with Crippen LogP contribution in [0.5, 0.6) is 5.75 Å². The molecule has 1 amide bonds. The van der Waals surface area contributed by atoms with Crippen LogP contribution in [-0.4, -0.2) is 52.4 Å². The molecule has 6 heteroatoms. The first-order chi connectivity index (χ1) is 18.1. The van der Waals surface area contributed by atoms with Gasteiger partial charge in [-0.3, -0.25) is 9.69 Å². The zero-order valence-corrected chi connectivity index (χ0v) is 21.7. The molecule has 1 aliphatic heterocycles. The van der Waals surface area contributed by atoms with Crippen LogP contribution in [-0.2, 0) is 13.0 Å². The summed E-state index contributed by atoms with van der Waals surface area (Å²) in [6.07, 6.45) is 2.86. The number of aromatic amines is 1. The fourth-order valence-corrected chi connectivity index (χ4v) is 5.17. The molecule has 1 unspecified atom stereocenters. The van der Waals surface area contributed by atoms with Gasteiger partial charge in [0.05, 0.1) is 13.2 Å². The number of fused-ring (bicyclic) bond motifs is 1. The molecule has 1 aliphatic rings. The van der Waals surface area contributed by atoms with Crippen LogP contribution >= 0.6 is 0 Å². The molecule has 0 saturated carbocycles. The number of hydrogen-bond acceptors (Lipinski definition) is 4. The van der Waals surface area contributed by atoms with Gasteiger partial charge in [0.1, 0.15) is 11.6 Å². The maximum Gasteiger partial charge on any atom is 0.253 e. The van der Waals surface area contributed by atoms with Gasteiger partial charge in [0.15, 0.2) is 0 Å². The molecule has 0 fully saturated rings. The van der Waals surface area contributed by atoms with Crippen molar-refractivity contribution < 1.29 is 9.53 Å². The normalized spacial score (nSPS) is 15.3. The topological polar surface area (TPSA) is 61.5 Å². The maximum absolute atomic E-state index is 12.9. The van der Waals surface area contributed by atoms with Crippen molar-refractivity contribution in [1.29, 1.82) is 0 Å². The van der Waals surface area contributed by atoms with Crippen molar-refractivity contribution in [2.75, 3.05) is 26.7 Å². The van der Waals surface area contributed by atoms with Crippen molar-refractivity contribution in [3.8, 4) is 17.1 Å². The van der Waals surface area contributed by atoms with Gasteiger partial charge in [-0.15, -0.1) is 0 Å². The number of carbonyl (C=O) groups is 1. The van der Waals surface area contributed by atoms with Crippen molar-refractivity contribution in [2.24, 2.45) is 0 Å². The Bertz CT molecular complexity index is 1340. The van der Waals surface area contributed by atoms with E-state index in [1.54, 1.807) is 7.11 Å². The van der Waals surface area contributed by atoms with Crippen LogP contribution in [0.15, 0.2) is 72.9 Å². The summed E-state index contributed by atoms with van der Waals surface area (Å²) >= 11 is 0. The van der Waals surface area contributed by atoms with Gasteiger partial charge in [-0.25, -0.2) is 4.98 Å². The predicted molar refractivity (Wildman–Crippen MR) is 146 cm³/mol. The molecule has 1 N–H and O–H groups in total. The van der Waals surface area contributed by atoms with Crippen LogP contribution < -0.4 is 4.74 Å². The third-order valence-electron chi connectivity index (χ3n) is 7.17. The number of ether oxygens (including phenoxy) is 1. The number of hydrogen-bond donors (Lipinski definition) is 1. The molecular formula is C31H33N4O2. The first-order valence-electron chi connectivity index (χ1n) is 12.9. The van der Waals surface area contributed by atoms with Gasteiger partial charge < -0.3 is 14.6 Å². The van der Waals surface area contributed by atoms with Crippen molar-refractivity contribution in [3.05, 3.63) is 107 Å². The molecular weight excluding hydrogens is 460 g/mol. The number of nitrogens with zero attached hydrogens (tertiary/aromatic N) is 3. The number of imidazole rings is 1. The van der Waals surface area contributed by atoms with Crippen LogP contribution in [0.4, 0.5) is 0 Å². The molecule has 0 saturated heterocycles. The highest BCUT2D eigenvalue weighted by atomic mass is 16.5. The van der Waals surface area contributed by atoms with Gasteiger partial charge in [0.25, 0.3) is 5.91 Å². The standard InChI is InChI=1S/C31H33N4O2/c1-4-34(5-2)31(36)24-13-11-22(12-14-24)29-28-16-15-27(37-3)19-25(28)17-18-35(29)21-26-20-32-30(33-26)23-9-7-6-8-10-23/h6-14,16,19-20,29H,4-5,17-18,21H2,1-3H3,(H,32,33). The first-order valence-corrected chi connectivity index (χ1v) is 12.9. The number of methoxy groups -OCH3 is 1. The minimum atomic E-state index is 0.0342. The van der Waals surface area contributed by atoms with E-state index in [0.717, 1.165) is 53.5 Å². The molecule has 1 radical (unpaired) electrons. The number of amides is 1. The van der Waals surface area contributed by atoms with E-state index in [1.165, 1.54) is 11.1 Å². The molecule has 3 aromatic carbocycles. The molecule has 189 valence electrons. The second kappa shape index (κ2) is 11.0. The van der Waals surface area contributed by atoms with Gasteiger partial charge in [-0.05, 0) is 61.2 Å². The number of aromatic nitrogens is 2. The highest BCUT2D eigenvalue weighted by molar-refractivity contribution is 5.94. The quantitative estimate of drug-likeness (QED) is 0.351. The van der Waals surface area contributed by atoms with E-state index in [0.29, 0.717) is 13.1 Å². The average molecular weight is 494 g/mol. The Morgan fingerprint density at radius 3 is 2.59 bits per heavy atom. The van der Waals surface area contributed by atoms with Gasteiger partial charge in [-0.1, -0.05) is 42.5 Å². The number of rotatable bonds is 8. The summed E-state index contributed by atoms with van der Waals surface area (Å²) in [6.45, 7) is 7.05. The summed E-state index contributed by atoms with van der Waals surface area (Å²) in [4.78, 5) is 25.3. The fraction of sp³-hybridized carbons (Fsp3) is 0.290. The van der Waals surface area contributed by atoms with E-state index in [4.69, 9.17) is 4.74 Å². The second-order valence-corrected chi connectivity index (χ2v) is 9.33. The van der Waals surface area contributed by atoms with Crippen LogP contribution in [0, 0.1) is 6.07 Å². The van der Waals surface area contributed by atoms with E-state index in [2.05, 4.69) is 57.3 Å². The number of nitrogens with one attached hydrogen (secondary N) is 1. The number of H-pyrrole nitrogens is 1. The molecule has 0 spiro atoms. The lowest BCUT2D eigenvalue weighted by Crippen LogP contribution is -2.36. The third kappa shape index (κ3) is 5.16. The third-order valence-corrected chi connectivity index (χ3v) is 7.17. The molecule has 5 rings (SSSR count). The Kier molecular flexibility index (Phi) is 7.37. The van der Waals surface area contributed by atoms with Crippen LogP contribution in [0.25, 0.3) is 11.4 Å². The van der Waals surface area contributed by atoms with E-state index in [-0.39, 0.29) is 11.9 Å². The smallest absolute Gasteiger partial charge is 0.253 e. The Morgan fingerprint density at radius 2 is 1.89 bits per heavy atom. The minimum absolute atomic E-state index is 0.0342. The Hall–Kier alpha value is -3.90. The van der Waals surface area contributed by atoms with E-state index >= 15 is 0 Å². The Labute approximate surface area is 218 Å². The van der Waals surface area contributed by atoms with E-state index in [1.807, 2.05) is 55.3 Å². The van der Waals surface area contributed by atoms with Crippen LogP contribution in [0.3, 0.4) is 0 Å². The molecule has 6 nitrogen and oxygen atoms in total. The average Bonchev–Trinajstić information content (AvgIpc) is 3.42. The molecule has 0 aliphatic carbocycles. The largest absolute Gasteiger partial charge is 0.496 e. The zero-order valence-electron chi connectivity index (χ0n) is 21.7. The lowest BCUT2D eigenvalue weighted by Gasteiger charge is -2.37. The van der Waals surface area contributed by atoms with E-state index in [9.17, 15) is 4.79 Å². The molecule has 4 aromatic rings. The second-order valence-electron chi connectivity index (χ2n) is 9.33. The van der Waals surface area contributed by atoms with Crippen LogP contribution in [0.1, 0.15) is 52.6 Å². The highest BCUT2D eigenvalue weighted by Crippen LogP contribution is 2.37. The van der Waals surface area contributed by atoms with Crippen molar-refractivity contribution in [3.63, 3.8) is 0 Å². The van der Waals surface area contributed by atoms with E-state index < -0.39 is 0 Å². The SMILES string of the molecule is CCN(CC)C(=O)c1ccc(C2c3c[c]c(OC)cc3CCN2Cc2cnc(-c3ccccc3)[nH]2)cc1. The Balaban J connectivity index is 1.46. The molecule has 2 heterocycles. The lowest BCUT2D eigenvalue weighted by molar-refractivity contribution is 0.0773. The molecule has 37 heavy (non-hydrogen) atoms. The van der Waals surface area contributed by atoms with Crippen molar-refractivity contribution >= 4 is 5.91 Å². The van der Waals surface area contributed by atoms with Gasteiger partial charge in [0.2, 0.25) is 0 Å². The summed E-state index contributed by atoms with van der Waals surface area (Å²) < 4.78 is 5.45. The number of carbonyl (C=O) groups excluding carboxylic acids is 1. The summed E-state index contributed by atoms with van der Waals surface area (Å²) in [5.74, 6) is 1.70.